The molecule has 1 heterocycles. The molecule has 5 heteroatoms. The van der Waals surface area contributed by atoms with Gasteiger partial charge < -0.3 is 14.4 Å². The molecule has 1 aliphatic carbocycles. The van der Waals surface area contributed by atoms with Crippen LogP contribution in [0.2, 0.25) is 0 Å². The van der Waals surface area contributed by atoms with Crippen molar-refractivity contribution in [2.24, 2.45) is 0 Å². The van der Waals surface area contributed by atoms with Crippen LogP contribution in [0.1, 0.15) is 39.0 Å². The summed E-state index contributed by atoms with van der Waals surface area (Å²) in [4.78, 5) is 14.4. The highest BCUT2D eigenvalue weighted by atomic mass is 16.5. The van der Waals surface area contributed by atoms with Crippen LogP contribution < -0.4 is 5.32 Å². The molecule has 5 nitrogen and oxygen atoms in total. The quantitative estimate of drug-likeness (QED) is 0.638. The molecular weight excluding hydrogens is 244 g/mol. The van der Waals surface area contributed by atoms with Crippen molar-refractivity contribution in [1.82, 2.24) is 10.2 Å². The summed E-state index contributed by atoms with van der Waals surface area (Å²) in [5.74, 6) is 0.308. The maximum Gasteiger partial charge on any atom is 0.244 e. The van der Waals surface area contributed by atoms with Crippen molar-refractivity contribution >= 4 is 5.91 Å². The van der Waals surface area contributed by atoms with Gasteiger partial charge in [0.05, 0.1) is 24.9 Å². The Balaban J connectivity index is 1.72. The number of rotatable bonds is 9. The van der Waals surface area contributed by atoms with Crippen LogP contribution in [0.3, 0.4) is 0 Å². The maximum absolute atomic E-state index is 12.3. The molecule has 1 saturated carbocycles. The Hall–Kier alpha value is -0.650. The summed E-state index contributed by atoms with van der Waals surface area (Å²) in [7, 11) is 1.67. The lowest BCUT2D eigenvalue weighted by atomic mass is 10.2. The summed E-state index contributed by atoms with van der Waals surface area (Å²) >= 11 is 0. The molecular formula is C14H26N2O3. The van der Waals surface area contributed by atoms with E-state index in [4.69, 9.17) is 9.47 Å². The van der Waals surface area contributed by atoms with Gasteiger partial charge in [0.25, 0.3) is 0 Å². The van der Waals surface area contributed by atoms with Gasteiger partial charge in [-0.3, -0.25) is 10.1 Å². The first kappa shape index (κ1) is 14.8. The number of carbonyl (C=O) groups excluding carboxylic acids is 1. The summed E-state index contributed by atoms with van der Waals surface area (Å²) in [5, 5.41) is 3.52. The zero-order valence-corrected chi connectivity index (χ0v) is 12.1. The minimum atomic E-state index is -0.184. The van der Waals surface area contributed by atoms with Crippen LogP contribution in [0.4, 0.5) is 0 Å². The minimum absolute atomic E-state index is 0.184. The van der Waals surface area contributed by atoms with Crippen LogP contribution in [0, 0.1) is 0 Å². The third-order valence-corrected chi connectivity index (χ3v) is 3.92. The van der Waals surface area contributed by atoms with Gasteiger partial charge in [0.15, 0.2) is 0 Å². The Morgan fingerprint density at radius 3 is 2.79 bits per heavy atom. The number of ether oxygens (including phenoxy) is 2. The highest BCUT2D eigenvalue weighted by Crippen LogP contribution is 2.42. The topological polar surface area (TPSA) is 50.8 Å². The summed E-state index contributed by atoms with van der Waals surface area (Å²) in [5.41, 5.74) is -0.184. The van der Waals surface area contributed by atoms with E-state index in [9.17, 15) is 4.79 Å². The third kappa shape index (κ3) is 3.46. The van der Waals surface area contributed by atoms with E-state index in [0.29, 0.717) is 25.7 Å². The summed E-state index contributed by atoms with van der Waals surface area (Å²) in [6, 6.07) is 0. The van der Waals surface area contributed by atoms with Gasteiger partial charge >= 0.3 is 0 Å². The molecule has 1 saturated heterocycles. The van der Waals surface area contributed by atoms with Crippen LogP contribution in [-0.2, 0) is 14.3 Å². The number of carbonyl (C=O) groups is 1. The molecule has 0 radical (unpaired) electrons. The smallest absolute Gasteiger partial charge is 0.244 e. The lowest BCUT2D eigenvalue weighted by Gasteiger charge is -2.23. The van der Waals surface area contributed by atoms with Crippen molar-refractivity contribution in [2.45, 2.75) is 50.7 Å². The van der Waals surface area contributed by atoms with Gasteiger partial charge in [0.1, 0.15) is 0 Å². The van der Waals surface area contributed by atoms with E-state index in [1.807, 2.05) is 4.90 Å². The number of nitrogens with one attached hydrogen (secondary N) is 1. The van der Waals surface area contributed by atoms with Crippen molar-refractivity contribution in [1.29, 1.82) is 0 Å². The van der Waals surface area contributed by atoms with Gasteiger partial charge in [0, 0.05) is 20.3 Å². The van der Waals surface area contributed by atoms with Crippen LogP contribution >= 0.6 is 0 Å². The second-order valence-corrected chi connectivity index (χ2v) is 5.49. The zero-order chi connectivity index (χ0) is 13.7. The molecule has 1 amide bonds. The van der Waals surface area contributed by atoms with Gasteiger partial charge in [0.2, 0.25) is 5.91 Å². The van der Waals surface area contributed by atoms with E-state index >= 15 is 0 Å². The lowest BCUT2D eigenvalue weighted by Crippen LogP contribution is -2.38. The molecule has 2 aliphatic rings. The molecule has 2 rings (SSSR count). The lowest BCUT2D eigenvalue weighted by molar-refractivity contribution is -0.131. The number of hydrogen-bond donors (Lipinski definition) is 1. The molecule has 0 aromatic carbocycles. The minimum Gasteiger partial charge on any atom is -0.382 e. The molecule has 19 heavy (non-hydrogen) atoms. The maximum atomic E-state index is 12.3. The Labute approximate surface area is 115 Å². The van der Waals surface area contributed by atoms with E-state index in [2.05, 4.69) is 12.2 Å². The predicted octanol–water partition coefficient (Wildman–Crippen LogP) is 1.13. The standard InChI is InChI=1S/C14H26N2O3/c1-3-5-12-15-14(6-7-14)13(17)16(12)8-4-9-19-11-10-18-2/h12,15H,3-11H2,1-2H3. The highest BCUT2D eigenvalue weighted by molar-refractivity contribution is 5.91. The first-order valence-electron chi connectivity index (χ1n) is 7.39. The molecule has 0 bridgehead atoms. The fourth-order valence-corrected chi connectivity index (χ4v) is 2.70. The fraction of sp³-hybridized carbons (Fsp3) is 0.929. The van der Waals surface area contributed by atoms with Crippen molar-refractivity contribution < 1.29 is 14.3 Å². The molecule has 110 valence electrons. The van der Waals surface area contributed by atoms with Gasteiger partial charge in [-0.25, -0.2) is 0 Å². The molecule has 1 aliphatic heterocycles. The molecule has 0 aromatic rings. The van der Waals surface area contributed by atoms with Gasteiger partial charge in [-0.1, -0.05) is 13.3 Å². The summed E-state index contributed by atoms with van der Waals surface area (Å²) in [6.45, 7) is 4.91. The van der Waals surface area contributed by atoms with E-state index in [0.717, 1.165) is 38.6 Å². The van der Waals surface area contributed by atoms with Gasteiger partial charge in [-0.2, -0.15) is 0 Å². The number of amides is 1. The highest BCUT2D eigenvalue weighted by Gasteiger charge is 2.58. The fourth-order valence-electron chi connectivity index (χ4n) is 2.70. The van der Waals surface area contributed by atoms with E-state index < -0.39 is 0 Å². The zero-order valence-electron chi connectivity index (χ0n) is 12.1. The van der Waals surface area contributed by atoms with Crippen LogP contribution in [0.15, 0.2) is 0 Å². The second-order valence-electron chi connectivity index (χ2n) is 5.49. The number of hydrogen-bond acceptors (Lipinski definition) is 4. The van der Waals surface area contributed by atoms with Crippen molar-refractivity contribution in [3.05, 3.63) is 0 Å². The van der Waals surface area contributed by atoms with Crippen LogP contribution in [0.25, 0.3) is 0 Å². The average Bonchev–Trinajstić information content (AvgIpc) is 3.13. The van der Waals surface area contributed by atoms with E-state index in [1.165, 1.54) is 0 Å². The SMILES string of the molecule is CCCC1NC2(CC2)C(=O)N1CCCOCCOC. The molecule has 1 atom stereocenters. The van der Waals surface area contributed by atoms with E-state index in [-0.39, 0.29) is 11.7 Å². The van der Waals surface area contributed by atoms with Gasteiger partial charge in [-0.05, 0) is 25.7 Å². The number of methoxy groups -OCH3 is 1. The van der Waals surface area contributed by atoms with Crippen molar-refractivity contribution in [2.75, 3.05) is 33.5 Å². The number of nitrogens with zero attached hydrogens (tertiary/aromatic N) is 1. The second kappa shape index (κ2) is 6.68. The van der Waals surface area contributed by atoms with E-state index in [1.54, 1.807) is 7.11 Å². The summed E-state index contributed by atoms with van der Waals surface area (Å²) < 4.78 is 10.4. The third-order valence-electron chi connectivity index (χ3n) is 3.92. The molecule has 1 N–H and O–H groups in total. The normalized spacial score (nSPS) is 24.4. The molecule has 0 aromatic heterocycles. The Bertz CT molecular complexity index is 305. The Morgan fingerprint density at radius 1 is 1.37 bits per heavy atom. The average molecular weight is 270 g/mol. The van der Waals surface area contributed by atoms with Gasteiger partial charge in [-0.15, -0.1) is 0 Å². The predicted molar refractivity (Wildman–Crippen MR) is 72.8 cm³/mol. The largest absolute Gasteiger partial charge is 0.382 e. The van der Waals surface area contributed by atoms with Crippen LogP contribution in [0.5, 0.6) is 0 Å². The first-order chi connectivity index (χ1) is 9.23. The Morgan fingerprint density at radius 2 is 2.16 bits per heavy atom. The summed E-state index contributed by atoms with van der Waals surface area (Å²) in [6.07, 6.45) is 5.28. The molecule has 1 unspecified atom stereocenters. The molecule has 2 fully saturated rings. The monoisotopic (exact) mass is 270 g/mol. The first-order valence-corrected chi connectivity index (χ1v) is 7.39. The van der Waals surface area contributed by atoms with Crippen LogP contribution in [-0.4, -0.2) is 56.0 Å². The van der Waals surface area contributed by atoms with Crippen molar-refractivity contribution in [3.8, 4) is 0 Å². The molecule has 1 spiro atoms. The Kier molecular flexibility index (Phi) is 5.19. The van der Waals surface area contributed by atoms with Crippen molar-refractivity contribution in [3.63, 3.8) is 0 Å².